The number of methoxy groups -OCH3 is 1. The van der Waals surface area contributed by atoms with Gasteiger partial charge in [0.25, 0.3) is 0 Å². The van der Waals surface area contributed by atoms with E-state index in [1.165, 1.54) is 7.11 Å². The third-order valence-corrected chi connectivity index (χ3v) is 3.26. The summed E-state index contributed by atoms with van der Waals surface area (Å²) in [4.78, 5) is 23.4. The molecule has 0 radical (unpaired) electrons. The molecule has 2 rings (SSSR count). The van der Waals surface area contributed by atoms with E-state index < -0.39 is 5.92 Å². The molecule has 2 N–H and O–H groups in total. The molecule has 1 aliphatic carbocycles. The molecule has 0 aliphatic heterocycles. The summed E-state index contributed by atoms with van der Waals surface area (Å²) in [6.45, 7) is 0.603. The molecule has 0 heterocycles. The first-order valence-corrected chi connectivity index (χ1v) is 6.83. The Morgan fingerprint density at radius 1 is 1.30 bits per heavy atom. The second kappa shape index (κ2) is 7.05. The van der Waals surface area contributed by atoms with Crippen molar-refractivity contribution in [1.29, 1.82) is 0 Å². The maximum absolute atomic E-state index is 11.8. The van der Waals surface area contributed by atoms with Crippen molar-refractivity contribution in [2.24, 2.45) is 0 Å². The highest BCUT2D eigenvalue weighted by molar-refractivity contribution is 5.80. The largest absolute Gasteiger partial charge is 0.469 e. The summed E-state index contributed by atoms with van der Waals surface area (Å²) >= 11 is 0. The molecule has 0 bridgehead atoms. The van der Waals surface area contributed by atoms with Crippen molar-refractivity contribution < 1.29 is 14.3 Å². The lowest BCUT2D eigenvalue weighted by Gasteiger charge is -2.15. The summed E-state index contributed by atoms with van der Waals surface area (Å²) in [6.07, 6.45) is 2.14. The van der Waals surface area contributed by atoms with Gasteiger partial charge < -0.3 is 15.4 Å². The van der Waals surface area contributed by atoms with Gasteiger partial charge in [-0.25, -0.2) is 0 Å². The number of benzene rings is 1. The third-order valence-electron chi connectivity index (χ3n) is 3.26. The Morgan fingerprint density at radius 2 is 2.00 bits per heavy atom. The van der Waals surface area contributed by atoms with Crippen molar-refractivity contribution in [1.82, 2.24) is 10.6 Å². The molecule has 0 aromatic heterocycles. The molecule has 0 saturated heterocycles. The van der Waals surface area contributed by atoms with E-state index in [2.05, 4.69) is 10.6 Å². The smallest absolute Gasteiger partial charge is 0.314 e. The van der Waals surface area contributed by atoms with Gasteiger partial charge in [-0.1, -0.05) is 30.3 Å². The van der Waals surface area contributed by atoms with Gasteiger partial charge >= 0.3 is 5.97 Å². The number of carbonyl (C=O) groups excluding carboxylic acids is 2. The first-order chi connectivity index (χ1) is 9.70. The minimum Gasteiger partial charge on any atom is -0.469 e. The van der Waals surface area contributed by atoms with Crippen molar-refractivity contribution >= 4 is 11.9 Å². The standard InChI is InChI=1S/C15H20N2O3/c1-20-15(19)13(11-5-3-2-4-6-11)9-16-10-14(18)17-12-7-8-12/h2-6,12-13,16H,7-10H2,1H3,(H,17,18). The maximum atomic E-state index is 11.8. The van der Waals surface area contributed by atoms with Crippen LogP contribution in [0.5, 0.6) is 0 Å². The quantitative estimate of drug-likeness (QED) is 0.723. The molecule has 1 fully saturated rings. The zero-order valence-electron chi connectivity index (χ0n) is 11.6. The SMILES string of the molecule is COC(=O)C(CNCC(=O)NC1CC1)c1ccccc1. The number of rotatable bonds is 7. The predicted octanol–water partition coefficient (Wildman–Crippen LogP) is 0.811. The van der Waals surface area contributed by atoms with Gasteiger partial charge in [-0.05, 0) is 18.4 Å². The fourth-order valence-electron chi connectivity index (χ4n) is 2.00. The number of hydrogen-bond donors (Lipinski definition) is 2. The molecule has 1 aromatic carbocycles. The number of amides is 1. The summed E-state index contributed by atoms with van der Waals surface area (Å²) < 4.78 is 4.82. The Labute approximate surface area is 118 Å². The molecule has 0 spiro atoms. The van der Waals surface area contributed by atoms with Crippen LogP contribution in [0.4, 0.5) is 0 Å². The predicted molar refractivity (Wildman–Crippen MR) is 75.2 cm³/mol. The summed E-state index contributed by atoms with van der Waals surface area (Å²) in [6, 6.07) is 9.78. The lowest BCUT2D eigenvalue weighted by Crippen LogP contribution is -2.38. The Hall–Kier alpha value is -1.88. The van der Waals surface area contributed by atoms with E-state index in [4.69, 9.17) is 4.74 Å². The van der Waals surface area contributed by atoms with Crippen LogP contribution in [0, 0.1) is 0 Å². The van der Waals surface area contributed by atoms with E-state index in [0.717, 1.165) is 18.4 Å². The van der Waals surface area contributed by atoms with Gasteiger partial charge in [0.15, 0.2) is 0 Å². The Kier molecular flexibility index (Phi) is 5.12. The fraction of sp³-hybridized carbons (Fsp3) is 0.467. The van der Waals surface area contributed by atoms with E-state index in [1.807, 2.05) is 30.3 Å². The third kappa shape index (κ3) is 4.35. The van der Waals surface area contributed by atoms with Crippen molar-refractivity contribution in [2.45, 2.75) is 24.8 Å². The van der Waals surface area contributed by atoms with Crippen LogP contribution in [0.25, 0.3) is 0 Å². The first kappa shape index (κ1) is 14.5. The Balaban J connectivity index is 1.84. The van der Waals surface area contributed by atoms with Crippen molar-refractivity contribution in [3.63, 3.8) is 0 Å². The van der Waals surface area contributed by atoms with E-state index in [9.17, 15) is 9.59 Å². The van der Waals surface area contributed by atoms with Crippen LogP contribution in [-0.4, -0.2) is 38.1 Å². The zero-order valence-corrected chi connectivity index (χ0v) is 11.6. The van der Waals surface area contributed by atoms with Gasteiger partial charge in [0.05, 0.1) is 19.6 Å². The van der Waals surface area contributed by atoms with Crippen LogP contribution in [0.15, 0.2) is 30.3 Å². The summed E-state index contributed by atoms with van der Waals surface area (Å²) in [5, 5.41) is 5.91. The monoisotopic (exact) mass is 276 g/mol. The van der Waals surface area contributed by atoms with Gasteiger partial charge in [0, 0.05) is 12.6 Å². The highest BCUT2D eigenvalue weighted by atomic mass is 16.5. The number of esters is 1. The molecule has 5 heteroatoms. The fourth-order valence-corrected chi connectivity index (χ4v) is 2.00. The second-order valence-electron chi connectivity index (χ2n) is 4.96. The number of carbonyl (C=O) groups is 2. The first-order valence-electron chi connectivity index (χ1n) is 6.83. The summed E-state index contributed by atoms with van der Waals surface area (Å²) in [5.74, 6) is -0.717. The Bertz CT molecular complexity index is 457. The van der Waals surface area contributed by atoms with Gasteiger partial charge in [-0.2, -0.15) is 0 Å². The van der Waals surface area contributed by atoms with Crippen LogP contribution < -0.4 is 10.6 Å². The Morgan fingerprint density at radius 3 is 2.60 bits per heavy atom. The molecule has 1 amide bonds. The summed E-state index contributed by atoms with van der Waals surface area (Å²) in [5.41, 5.74) is 0.884. The molecule has 1 unspecified atom stereocenters. The topological polar surface area (TPSA) is 67.4 Å². The minimum absolute atomic E-state index is 0.0239. The molecule has 1 aliphatic rings. The molecule has 1 saturated carbocycles. The van der Waals surface area contributed by atoms with Gasteiger partial charge in [0.1, 0.15) is 0 Å². The van der Waals surface area contributed by atoms with E-state index in [1.54, 1.807) is 0 Å². The maximum Gasteiger partial charge on any atom is 0.314 e. The number of nitrogens with one attached hydrogen (secondary N) is 2. The molecule has 20 heavy (non-hydrogen) atoms. The van der Waals surface area contributed by atoms with Crippen molar-refractivity contribution in [2.75, 3.05) is 20.2 Å². The van der Waals surface area contributed by atoms with Gasteiger partial charge in [0.2, 0.25) is 5.91 Å². The molecular formula is C15H20N2O3. The lowest BCUT2D eigenvalue weighted by atomic mass is 9.99. The average Bonchev–Trinajstić information content (AvgIpc) is 3.27. The van der Waals surface area contributed by atoms with Crippen molar-refractivity contribution in [3.05, 3.63) is 35.9 Å². The van der Waals surface area contributed by atoms with E-state index in [-0.39, 0.29) is 18.4 Å². The molecular weight excluding hydrogens is 256 g/mol. The van der Waals surface area contributed by atoms with Crippen LogP contribution in [0.1, 0.15) is 24.3 Å². The highest BCUT2D eigenvalue weighted by Crippen LogP contribution is 2.18. The van der Waals surface area contributed by atoms with Crippen LogP contribution in [0.3, 0.4) is 0 Å². The van der Waals surface area contributed by atoms with Crippen LogP contribution >= 0.6 is 0 Å². The average molecular weight is 276 g/mol. The molecule has 5 nitrogen and oxygen atoms in total. The van der Waals surface area contributed by atoms with Crippen LogP contribution in [-0.2, 0) is 14.3 Å². The van der Waals surface area contributed by atoms with Crippen LogP contribution in [0.2, 0.25) is 0 Å². The minimum atomic E-state index is -0.394. The number of hydrogen-bond acceptors (Lipinski definition) is 4. The van der Waals surface area contributed by atoms with Crippen molar-refractivity contribution in [3.8, 4) is 0 Å². The molecule has 108 valence electrons. The number of ether oxygens (including phenoxy) is 1. The van der Waals surface area contributed by atoms with Gasteiger partial charge in [-0.3, -0.25) is 9.59 Å². The normalized spacial score (nSPS) is 15.4. The molecule has 1 atom stereocenters. The van der Waals surface area contributed by atoms with E-state index >= 15 is 0 Å². The lowest BCUT2D eigenvalue weighted by molar-refractivity contribution is -0.142. The highest BCUT2D eigenvalue weighted by Gasteiger charge is 2.24. The summed E-state index contributed by atoms with van der Waals surface area (Å²) in [7, 11) is 1.37. The zero-order chi connectivity index (χ0) is 14.4. The molecule has 1 aromatic rings. The van der Waals surface area contributed by atoms with E-state index in [0.29, 0.717) is 12.6 Å². The second-order valence-corrected chi connectivity index (χ2v) is 4.96. The van der Waals surface area contributed by atoms with Gasteiger partial charge in [-0.15, -0.1) is 0 Å².